The number of ether oxygens (including phenoxy) is 1. The van der Waals surface area contributed by atoms with Gasteiger partial charge in [0.2, 0.25) is 0 Å². The fourth-order valence-electron chi connectivity index (χ4n) is 3.23. The number of oxime groups is 1. The first kappa shape index (κ1) is 27.9. The molecule has 2 aromatic rings. The molecule has 0 saturated carbocycles. The summed E-state index contributed by atoms with van der Waals surface area (Å²) in [5.74, 6) is -2.34. The van der Waals surface area contributed by atoms with Gasteiger partial charge in [0.05, 0.1) is 18.3 Å². The third kappa shape index (κ3) is 5.82. The normalized spacial score (nSPS) is 19.6. The van der Waals surface area contributed by atoms with Gasteiger partial charge in [-0.25, -0.2) is 4.98 Å². The summed E-state index contributed by atoms with van der Waals surface area (Å²) in [6.45, 7) is 0.330. The topological polar surface area (TPSA) is 196 Å². The van der Waals surface area contributed by atoms with E-state index in [1.807, 2.05) is 0 Å². The Bertz CT molecular complexity index is 1200. The van der Waals surface area contributed by atoms with Gasteiger partial charge in [-0.1, -0.05) is 28.3 Å². The molecule has 35 heavy (non-hydrogen) atoms. The summed E-state index contributed by atoms with van der Waals surface area (Å²) in [4.78, 5) is 42.2. The van der Waals surface area contributed by atoms with E-state index in [0.29, 0.717) is 27.3 Å². The number of hydrogen-bond acceptors (Lipinski definition) is 15. The molecule has 18 heteroatoms. The Balaban J connectivity index is 0.00000342. The zero-order valence-electron chi connectivity index (χ0n) is 18.3. The first-order chi connectivity index (χ1) is 16.3. The minimum Gasteiger partial charge on any atom is -0.543 e. The van der Waals surface area contributed by atoms with E-state index in [0.717, 1.165) is 16.2 Å². The maximum absolute atomic E-state index is 12.8. The number of aromatic nitrogens is 3. The van der Waals surface area contributed by atoms with Gasteiger partial charge in [-0.3, -0.25) is 14.5 Å². The monoisotopic (exact) mass is 565 g/mol. The van der Waals surface area contributed by atoms with Crippen molar-refractivity contribution in [2.24, 2.45) is 5.16 Å². The van der Waals surface area contributed by atoms with Crippen LogP contribution in [0.1, 0.15) is 10.7 Å². The van der Waals surface area contributed by atoms with Crippen LogP contribution in [0.15, 0.2) is 26.1 Å². The predicted molar refractivity (Wildman–Crippen MR) is 123 cm³/mol. The fraction of sp³-hybridized carbons (Fsp3) is 0.353. The fourth-order valence-corrected chi connectivity index (χ4v) is 7.13. The number of methoxy groups -OCH3 is 1. The molecule has 1 fully saturated rings. The number of β-lactam (4-membered cyclic amide) rings is 1. The van der Waals surface area contributed by atoms with E-state index in [4.69, 9.17) is 10.5 Å². The zero-order chi connectivity index (χ0) is 24.4. The third-order valence-corrected chi connectivity index (χ3v) is 8.82. The second kappa shape index (κ2) is 12.0. The van der Waals surface area contributed by atoms with Crippen molar-refractivity contribution < 1.29 is 59.0 Å². The van der Waals surface area contributed by atoms with Gasteiger partial charge in [0.15, 0.2) is 15.2 Å². The molecule has 1 unspecified atom stereocenters. The van der Waals surface area contributed by atoms with Gasteiger partial charge in [0, 0.05) is 24.0 Å². The van der Waals surface area contributed by atoms with Crippen LogP contribution in [0.4, 0.5) is 5.13 Å². The second-order valence-corrected chi connectivity index (χ2v) is 11.1. The van der Waals surface area contributed by atoms with Gasteiger partial charge in [-0.05, 0) is 5.57 Å². The average Bonchev–Trinajstić information content (AvgIpc) is 3.44. The molecule has 2 aliphatic heterocycles. The summed E-state index contributed by atoms with van der Waals surface area (Å²) < 4.78 is 5.65. The number of fused-ring (bicyclic) bond motifs is 1. The molecule has 4 rings (SSSR count). The minimum absolute atomic E-state index is 0. The number of thiazole rings is 1. The van der Waals surface area contributed by atoms with Crippen LogP contribution < -0.4 is 45.7 Å². The molecule has 2 aromatic heterocycles. The van der Waals surface area contributed by atoms with Crippen molar-refractivity contribution in [3.05, 3.63) is 27.4 Å². The Labute approximate surface area is 236 Å². The second-order valence-electron chi connectivity index (χ2n) is 6.80. The largest absolute Gasteiger partial charge is 1.00 e. The summed E-state index contributed by atoms with van der Waals surface area (Å²) in [5.41, 5.74) is 5.49. The molecule has 13 nitrogen and oxygen atoms in total. The van der Waals surface area contributed by atoms with Crippen molar-refractivity contribution in [2.45, 2.75) is 22.4 Å². The Morgan fingerprint density at radius 3 is 2.86 bits per heavy atom. The molecule has 4 N–H and O–H groups in total. The van der Waals surface area contributed by atoms with Crippen molar-refractivity contribution in [1.29, 1.82) is 0 Å². The van der Waals surface area contributed by atoms with Crippen LogP contribution in [0.5, 0.6) is 0 Å². The quantitative estimate of drug-likeness (QED) is 0.0669. The van der Waals surface area contributed by atoms with Crippen LogP contribution in [0.25, 0.3) is 0 Å². The molecular weight excluding hydrogens is 549 g/mol. The van der Waals surface area contributed by atoms with Crippen LogP contribution >= 0.6 is 46.2 Å². The molecule has 2 amide bonds. The van der Waals surface area contributed by atoms with E-state index < -0.39 is 34.9 Å². The summed E-state index contributed by atoms with van der Waals surface area (Å²) >= 11 is 4.99. The van der Waals surface area contributed by atoms with Crippen molar-refractivity contribution in [3.63, 3.8) is 0 Å². The maximum Gasteiger partial charge on any atom is 1.00 e. The van der Waals surface area contributed by atoms with Gasteiger partial charge in [0.25, 0.3) is 11.8 Å². The van der Waals surface area contributed by atoms with Crippen LogP contribution in [-0.4, -0.2) is 78.8 Å². The number of carbonyl (C=O) groups excluding carboxylic acids is 3. The van der Waals surface area contributed by atoms with Gasteiger partial charge >= 0.3 is 29.6 Å². The zero-order valence-corrected chi connectivity index (χ0v) is 23.6. The molecule has 0 spiro atoms. The molecule has 0 aromatic carbocycles. The van der Waals surface area contributed by atoms with Gasteiger partial charge in [-0.2, -0.15) is 0 Å². The van der Waals surface area contributed by atoms with E-state index in [-0.39, 0.29) is 51.8 Å². The van der Waals surface area contributed by atoms with Crippen LogP contribution in [0, 0.1) is 0 Å². The van der Waals surface area contributed by atoms with Crippen molar-refractivity contribution in [2.75, 3.05) is 24.3 Å². The van der Waals surface area contributed by atoms with E-state index in [2.05, 4.69) is 25.7 Å². The summed E-state index contributed by atoms with van der Waals surface area (Å²) in [6, 6.07) is -1.01. The summed E-state index contributed by atoms with van der Waals surface area (Å²) in [5, 5.41) is 36.3. The minimum atomic E-state index is -1.48. The van der Waals surface area contributed by atoms with Gasteiger partial charge in [0.1, 0.15) is 22.1 Å². The number of hydrogen-bond donors (Lipinski definition) is 3. The molecule has 0 aliphatic carbocycles. The number of carboxylic acid groups (broad SMARTS) is 1. The predicted octanol–water partition coefficient (Wildman–Crippen LogP) is -3.90. The van der Waals surface area contributed by atoms with Crippen molar-refractivity contribution in [3.8, 4) is 0 Å². The smallest absolute Gasteiger partial charge is 0.543 e. The van der Waals surface area contributed by atoms with Crippen LogP contribution in [0.2, 0.25) is 0 Å². The van der Waals surface area contributed by atoms with E-state index >= 15 is 0 Å². The Morgan fingerprint density at radius 2 is 2.23 bits per heavy atom. The Hall–Kier alpha value is -1.73. The van der Waals surface area contributed by atoms with E-state index in [1.54, 1.807) is 7.11 Å². The Morgan fingerprint density at radius 1 is 1.46 bits per heavy atom. The SMILES string of the molecule is COCc1nnc(SCC2=C(C(=O)[O-])N3C(=O)C(NC(=O)/C(=N\O)c4csc(N)n4)[C@H]3SC2)s1.[Na+]. The number of carboxylic acids is 1. The van der Waals surface area contributed by atoms with E-state index in [9.17, 15) is 24.7 Å². The maximum atomic E-state index is 12.8. The standard InChI is InChI=1S/C17H17N7O6S4.Na/c1-30-2-8-21-22-17(34-8)33-4-6-3-31-14-10(13(26)24(14)11(6)15(27)28)20-12(25)9(23-29)7-5-32-16(18)19-7;/h5,10,14,29H,2-4H2,1H3,(H2,18,19)(H,20,25)(H,27,28);/q;+1/p-1/b23-9-;/t10?,14-;/m1./s1. The number of amides is 2. The van der Waals surface area contributed by atoms with Crippen LogP contribution in [-0.2, 0) is 25.7 Å². The third-order valence-electron chi connectivity index (χ3n) is 4.69. The summed E-state index contributed by atoms with van der Waals surface area (Å²) in [6.07, 6.45) is 0. The number of nitrogens with zero attached hydrogens (tertiary/aromatic N) is 5. The summed E-state index contributed by atoms with van der Waals surface area (Å²) in [7, 11) is 1.55. The molecule has 180 valence electrons. The number of nitrogens with one attached hydrogen (secondary N) is 1. The van der Waals surface area contributed by atoms with Gasteiger partial charge < -0.3 is 30.9 Å². The molecule has 2 aliphatic rings. The van der Waals surface area contributed by atoms with Crippen LogP contribution in [0.3, 0.4) is 0 Å². The number of rotatable bonds is 9. The first-order valence-corrected chi connectivity index (χ1v) is 13.1. The number of anilines is 1. The molecule has 2 atom stereocenters. The molecular formula is C17H16N7NaO6S4. The molecule has 4 heterocycles. The molecule has 0 bridgehead atoms. The number of carbonyl (C=O) groups is 3. The van der Waals surface area contributed by atoms with Crippen molar-refractivity contribution >= 4 is 74.8 Å². The number of thioether (sulfide) groups is 2. The van der Waals surface area contributed by atoms with Crippen molar-refractivity contribution in [1.82, 2.24) is 25.4 Å². The molecule has 1 saturated heterocycles. The molecule has 0 radical (unpaired) electrons. The average molecular weight is 566 g/mol. The number of aliphatic carboxylic acids is 1. The van der Waals surface area contributed by atoms with E-state index in [1.165, 1.54) is 40.2 Å². The first-order valence-electron chi connectivity index (χ1n) is 9.40. The Kier molecular flexibility index (Phi) is 9.55. The number of nitrogens with two attached hydrogens (primary N) is 1. The number of nitrogen functional groups attached to an aromatic ring is 1. The van der Waals surface area contributed by atoms with Gasteiger partial charge in [-0.15, -0.1) is 33.3 Å².